The number of halogens is 2. The van der Waals surface area contributed by atoms with Crippen molar-refractivity contribution < 1.29 is 0 Å². The van der Waals surface area contributed by atoms with Crippen LogP contribution in [-0.4, -0.2) is 18.0 Å². The first-order chi connectivity index (χ1) is 9.11. The molecule has 1 aromatic carbocycles. The molecular formula is C14H19Br2N2O-. The van der Waals surface area contributed by atoms with E-state index in [1.165, 1.54) is 32.1 Å². The first-order valence-electron chi connectivity index (χ1n) is 6.68. The van der Waals surface area contributed by atoms with Crippen LogP contribution in [0.5, 0.6) is 0 Å². The van der Waals surface area contributed by atoms with E-state index in [-0.39, 0.29) is 0 Å². The quantitative estimate of drug-likeness (QED) is 0.744. The van der Waals surface area contributed by atoms with E-state index in [1.54, 1.807) is 0 Å². The molecule has 0 atom stereocenters. The molecule has 2 rings (SSSR count). The molecule has 5 heteroatoms. The molecule has 0 heterocycles. The van der Waals surface area contributed by atoms with E-state index >= 15 is 0 Å². The highest BCUT2D eigenvalue weighted by atomic mass is 79.9. The fraction of sp³-hybridized carbons (Fsp3) is 0.571. The molecule has 1 aromatic rings. The number of benzene rings is 1. The maximum atomic E-state index is 11.1. The van der Waals surface area contributed by atoms with Crippen molar-refractivity contribution in [3.8, 4) is 0 Å². The summed E-state index contributed by atoms with van der Waals surface area (Å²) < 4.78 is 1.80. The predicted molar refractivity (Wildman–Crippen MR) is 87.2 cm³/mol. The molecule has 1 fully saturated rings. The molecule has 1 saturated carbocycles. The largest absolute Gasteiger partial charge is 0.761 e. The third kappa shape index (κ3) is 3.94. The maximum Gasteiger partial charge on any atom is 0.0424 e. The van der Waals surface area contributed by atoms with Crippen molar-refractivity contribution in [2.45, 2.75) is 44.7 Å². The Labute approximate surface area is 131 Å². The molecule has 1 N–H and O–H groups in total. The molecule has 0 amide bonds. The van der Waals surface area contributed by atoms with E-state index < -0.39 is 0 Å². The van der Waals surface area contributed by atoms with E-state index in [1.807, 2.05) is 12.1 Å². The van der Waals surface area contributed by atoms with Crippen LogP contribution in [0.3, 0.4) is 0 Å². The summed E-state index contributed by atoms with van der Waals surface area (Å²) in [6.45, 7) is 0.799. The summed E-state index contributed by atoms with van der Waals surface area (Å²) in [5, 5.41) is 11.1. The highest BCUT2D eigenvalue weighted by Crippen LogP contribution is 2.32. The lowest BCUT2D eigenvalue weighted by Crippen LogP contribution is -2.33. The summed E-state index contributed by atoms with van der Waals surface area (Å²) in [6, 6.07) is 4.56. The van der Waals surface area contributed by atoms with Gasteiger partial charge in [-0.25, -0.2) is 0 Å². The number of rotatable bonds is 4. The number of anilines is 1. The molecule has 0 radical (unpaired) electrons. The average molecular weight is 391 g/mol. The molecule has 3 nitrogen and oxygen atoms in total. The Morgan fingerprint density at radius 1 is 1.26 bits per heavy atom. The van der Waals surface area contributed by atoms with Gasteiger partial charge in [0.25, 0.3) is 0 Å². The third-order valence-electron chi connectivity index (χ3n) is 3.86. The van der Waals surface area contributed by atoms with Crippen molar-refractivity contribution in [1.29, 1.82) is 0 Å². The van der Waals surface area contributed by atoms with Gasteiger partial charge in [0, 0.05) is 27.2 Å². The van der Waals surface area contributed by atoms with Gasteiger partial charge in [0.2, 0.25) is 0 Å². The second-order valence-corrected chi connectivity index (χ2v) is 7.00. The second-order valence-electron chi connectivity index (χ2n) is 5.23. The highest BCUT2D eigenvalue weighted by molar-refractivity contribution is 9.11. The van der Waals surface area contributed by atoms with Crippen molar-refractivity contribution in [1.82, 2.24) is 4.90 Å². The average Bonchev–Trinajstić information content (AvgIpc) is 2.39. The van der Waals surface area contributed by atoms with Crippen LogP contribution in [-0.2, 0) is 6.54 Å². The van der Waals surface area contributed by atoms with Gasteiger partial charge in [-0.3, -0.25) is 4.90 Å². The van der Waals surface area contributed by atoms with Crippen LogP contribution in [0.25, 0.3) is 0 Å². The van der Waals surface area contributed by atoms with E-state index in [9.17, 15) is 5.21 Å². The third-order valence-corrected chi connectivity index (χ3v) is 4.94. The summed E-state index contributed by atoms with van der Waals surface area (Å²) in [6.07, 6.45) is 6.55. The Morgan fingerprint density at radius 3 is 2.58 bits per heavy atom. The lowest BCUT2D eigenvalue weighted by atomic mass is 9.94. The number of hydrogen-bond donors (Lipinski definition) is 1. The standard InChI is InChI=1S/C14H19Br2N2O/c1-18(12-5-3-2-4-6-12)9-10-7-11(15)8-13(16)14(10)17-19/h7-8,12,17H,2-6,9H2,1H3/q-1. The lowest BCUT2D eigenvalue weighted by molar-refractivity contribution is 0.185. The molecule has 106 valence electrons. The van der Waals surface area contributed by atoms with Crippen LogP contribution in [0.4, 0.5) is 5.69 Å². The minimum atomic E-state index is 0.644. The minimum Gasteiger partial charge on any atom is -0.761 e. The topological polar surface area (TPSA) is 38.3 Å². The van der Waals surface area contributed by atoms with Gasteiger partial charge in [0.1, 0.15) is 0 Å². The zero-order valence-electron chi connectivity index (χ0n) is 11.1. The molecule has 0 saturated heterocycles. The molecule has 1 aliphatic rings. The molecular weight excluding hydrogens is 372 g/mol. The van der Waals surface area contributed by atoms with E-state index in [2.05, 4.69) is 49.3 Å². The molecule has 19 heavy (non-hydrogen) atoms. The second kappa shape index (κ2) is 7.07. The molecule has 1 aliphatic carbocycles. The summed E-state index contributed by atoms with van der Waals surface area (Å²) in [5.41, 5.74) is 3.73. The van der Waals surface area contributed by atoms with Crippen molar-refractivity contribution in [3.05, 3.63) is 31.8 Å². The smallest absolute Gasteiger partial charge is 0.0424 e. The van der Waals surface area contributed by atoms with Gasteiger partial charge in [-0.1, -0.05) is 35.2 Å². The van der Waals surface area contributed by atoms with Gasteiger partial charge in [0.05, 0.1) is 0 Å². The zero-order chi connectivity index (χ0) is 13.8. The van der Waals surface area contributed by atoms with Crippen molar-refractivity contribution in [2.75, 3.05) is 12.5 Å². The summed E-state index contributed by atoms with van der Waals surface area (Å²) >= 11 is 6.92. The van der Waals surface area contributed by atoms with Gasteiger partial charge in [-0.05, 0) is 53.5 Å². The van der Waals surface area contributed by atoms with Gasteiger partial charge in [-0.2, -0.15) is 0 Å². The normalized spacial score (nSPS) is 16.9. The lowest BCUT2D eigenvalue weighted by Gasteiger charge is -2.32. The van der Waals surface area contributed by atoms with Gasteiger partial charge in [0.15, 0.2) is 0 Å². The van der Waals surface area contributed by atoms with Gasteiger partial charge >= 0.3 is 0 Å². The molecule has 0 aromatic heterocycles. The van der Waals surface area contributed by atoms with Crippen molar-refractivity contribution in [2.24, 2.45) is 0 Å². The Morgan fingerprint density at radius 2 is 1.95 bits per heavy atom. The Kier molecular flexibility index (Phi) is 5.69. The first-order valence-corrected chi connectivity index (χ1v) is 8.26. The number of nitrogens with zero attached hydrogens (tertiary/aromatic N) is 1. The maximum absolute atomic E-state index is 11.1. The van der Waals surface area contributed by atoms with E-state index in [4.69, 9.17) is 0 Å². The summed E-state index contributed by atoms with van der Waals surface area (Å²) in [5.74, 6) is 0. The summed E-state index contributed by atoms with van der Waals surface area (Å²) in [7, 11) is 2.15. The van der Waals surface area contributed by atoms with Gasteiger partial charge in [-0.15, -0.1) is 0 Å². The van der Waals surface area contributed by atoms with Crippen LogP contribution < -0.4 is 5.48 Å². The van der Waals surface area contributed by atoms with Crippen molar-refractivity contribution in [3.63, 3.8) is 0 Å². The van der Waals surface area contributed by atoms with Crippen LogP contribution in [0.2, 0.25) is 0 Å². The molecule has 0 unspecified atom stereocenters. The molecule has 0 aliphatic heterocycles. The SMILES string of the molecule is CN(Cc1cc(Br)cc(Br)c1N[O-])C1CCCCC1. The van der Waals surface area contributed by atoms with Crippen LogP contribution in [0.1, 0.15) is 37.7 Å². The number of nitrogens with one attached hydrogen (secondary N) is 1. The highest BCUT2D eigenvalue weighted by Gasteiger charge is 2.19. The van der Waals surface area contributed by atoms with Crippen LogP contribution in [0, 0.1) is 5.21 Å². The number of hydrogen-bond acceptors (Lipinski definition) is 3. The fourth-order valence-electron chi connectivity index (χ4n) is 2.79. The first kappa shape index (κ1) is 15.3. The molecule has 0 spiro atoms. The zero-order valence-corrected chi connectivity index (χ0v) is 14.3. The molecule has 0 bridgehead atoms. The van der Waals surface area contributed by atoms with E-state index in [0.29, 0.717) is 11.7 Å². The van der Waals surface area contributed by atoms with Gasteiger partial charge < -0.3 is 10.7 Å². The van der Waals surface area contributed by atoms with E-state index in [0.717, 1.165) is 21.1 Å². The predicted octanol–water partition coefficient (Wildman–Crippen LogP) is 4.89. The van der Waals surface area contributed by atoms with Crippen LogP contribution >= 0.6 is 31.9 Å². The Hall–Kier alpha value is -0.100. The summed E-state index contributed by atoms with van der Waals surface area (Å²) in [4.78, 5) is 2.37. The Bertz CT molecular complexity index is 434. The fourth-order valence-corrected chi connectivity index (χ4v) is 4.18. The Balaban J connectivity index is 2.13. The minimum absolute atomic E-state index is 0.644. The van der Waals surface area contributed by atoms with Crippen molar-refractivity contribution >= 4 is 37.5 Å². The monoisotopic (exact) mass is 389 g/mol. The van der Waals surface area contributed by atoms with Crippen LogP contribution in [0.15, 0.2) is 21.1 Å².